The normalized spacial score (nSPS) is 12.3. The van der Waals surface area contributed by atoms with Crippen LogP contribution in [0.3, 0.4) is 0 Å². The van der Waals surface area contributed by atoms with E-state index in [1.807, 2.05) is 6.92 Å². The first-order valence-corrected chi connectivity index (χ1v) is 8.52. The summed E-state index contributed by atoms with van der Waals surface area (Å²) < 4.78 is 13.7. The highest BCUT2D eigenvalue weighted by Gasteiger charge is 2.12. The molecule has 0 amide bonds. The predicted octanol–water partition coefficient (Wildman–Crippen LogP) is 3.85. The van der Waals surface area contributed by atoms with Crippen molar-refractivity contribution in [2.24, 2.45) is 4.99 Å². The number of aliphatic imine (C=N–C) groups is 1. The molecule has 0 saturated heterocycles. The molecule has 0 aromatic heterocycles. The van der Waals surface area contributed by atoms with Crippen molar-refractivity contribution in [2.45, 2.75) is 33.4 Å². The molecule has 1 atom stereocenters. The standard InChI is InChI=1S/C20H26FN3O.HI/c1-4-22-20(23-12-16-10-9-14(2)11-15(16)3)24-13-19(25)17-7-5-6-8-18(17)21;/h5-11,19,25H,4,12-13H2,1-3H3,(H2,22,23,24);1H. The Kier molecular flexibility index (Phi) is 9.58. The maximum atomic E-state index is 13.7. The lowest BCUT2D eigenvalue weighted by Crippen LogP contribution is -2.39. The van der Waals surface area contributed by atoms with Gasteiger partial charge < -0.3 is 15.7 Å². The molecule has 0 spiro atoms. The monoisotopic (exact) mass is 471 g/mol. The first-order chi connectivity index (χ1) is 12.0. The molecule has 1 unspecified atom stereocenters. The van der Waals surface area contributed by atoms with Crippen molar-refractivity contribution in [1.82, 2.24) is 10.6 Å². The summed E-state index contributed by atoms with van der Waals surface area (Å²) in [6.45, 7) is 7.53. The average molecular weight is 471 g/mol. The predicted molar refractivity (Wildman–Crippen MR) is 116 cm³/mol. The third-order valence-corrected chi connectivity index (χ3v) is 3.98. The highest BCUT2D eigenvalue weighted by atomic mass is 127. The van der Waals surface area contributed by atoms with E-state index in [2.05, 4.69) is 47.7 Å². The summed E-state index contributed by atoms with van der Waals surface area (Å²) in [5, 5.41) is 16.4. The summed E-state index contributed by atoms with van der Waals surface area (Å²) in [6.07, 6.45) is -0.939. The molecule has 3 N–H and O–H groups in total. The summed E-state index contributed by atoms with van der Waals surface area (Å²) in [5.41, 5.74) is 3.85. The van der Waals surface area contributed by atoms with E-state index in [0.717, 1.165) is 5.56 Å². The van der Waals surface area contributed by atoms with Crippen LogP contribution in [-0.2, 0) is 6.54 Å². The molecule has 0 aliphatic heterocycles. The number of aliphatic hydroxyl groups excluding tert-OH is 1. The average Bonchev–Trinajstić information content (AvgIpc) is 2.58. The molecule has 0 fully saturated rings. The SMILES string of the molecule is CCNC(=NCc1ccc(C)cc1C)NCC(O)c1ccccc1F.I. The maximum Gasteiger partial charge on any atom is 0.191 e. The molecule has 6 heteroatoms. The molecule has 0 bridgehead atoms. The number of aryl methyl sites for hydroxylation is 2. The molecule has 142 valence electrons. The molecular weight excluding hydrogens is 444 g/mol. The molecule has 2 aromatic carbocycles. The first-order valence-electron chi connectivity index (χ1n) is 8.52. The Morgan fingerprint density at radius 1 is 1.15 bits per heavy atom. The van der Waals surface area contributed by atoms with E-state index in [1.54, 1.807) is 18.2 Å². The van der Waals surface area contributed by atoms with Crippen LogP contribution in [0.2, 0.25) is 0 Å². The number of aliphatic hydroxyl groups is 1. The third-order valence-electron chi connectivity index (χ3n) is 3.98. The second-order valence-corrected chi connectivity index (χ2v) is 6.04. The molecule has 0 aliphatic rings. The molecule has 0 radical (unpaired) electrons. The van der Waals surface area contributed by atoms with E-state index in [0.29, 0.717) is 19.0 Å². The minimum absolute atomic E-state index is 0. The van der Waals surface area contributed by atoms with E-state index in [1.165, 1.54) is 17.2 Å². The highest BCUT2D eigenvalue weighted by Crippen LogP contribution is 2.15. The van der Waals surface area contributed by atoms with Gasteiger partial charge in [0.1, 0.15) is 5.82 Å². The Balaban J connectivity index is 0.00000338. The topological polar surface area (TPSA) is 56.7 Å². The van der Waals surface area contributed by atoms with Crippen molar-refractivity contribution < 1.29 is 9.50 Å². The molecule has 0 heterocycles. The molecule has 0 aliphatic carbocycles. The zero-order chi connectivity index (χ0) is 18.2. The smallest absolute Gasteiger partial charge is 0.191 e. The number of nitrogens with zero attached hydrogens (tertiary/aromatic N) is 1. The number of benzene rings is 2. The molecular formula is C20H27FIN3O. The Morgan fingerprint density at radius 2 is 1.88 bits per heavy atom. The minimum Gasteiger partial charge on any atom is -0.386 e. The molecule has 2 aromatic rings. The zero-order valence-corrected chi connectivity index (χ0v) is 17.8. The summed E-state index contributed by atoms with van der Waals surface area (Å²) in [4.78, 5) is 4.55. The lowest BCUT2D eigenvalue weighted by Gasteiger charge is -2.16. The third kappa shape index (κ3) is 6.57. The van der Waals surface area contributed by atoms with Gasteiger partial charge in [0.05, 0.1) is 12.6 Å². The molecule has 26 heavy (non-hydrogen) atoms. The number of rotatable bonds is 6. The quantitative estimate of drug-likeness (QED) is 0.341. The molecule has 0 saturated carbocycles. The van der Waals surface area contributed by atoms with Gasteiger partial charge in [0.25, 0.3) is 0 Å². The van der Waals surface area contributed by atoms with Gasteiger partial charge >= 0.3 is 0 Å². The maximum absolute atomic E-state index is 13.7. The fourth-order valence-corrected chi connectivity index (χ4v) is 2.58. The van der Waals surface area contributed by atoms with E-state index in [-0.39, 0.29) is 36.1 Å². The summed E-state index contributed by atoms with van der Waals surface area (Å²) in [7, 11) is 0. The first kappa shape index (κ1) is 22.4. The van der Waals surface area contributed by atoms with Gasteiger partial charge in [0.15, 0.2) is 5.96 Å². The summed E-state index contributed by atoms with van der Waals surface area (Å²) >= 11 is 0. The van der Waals surface area contributed by atoms with Crippen molar-refractivity contribution >= 4 is 29.9 Å². The number of guanidine groups is 1. The second-order valence-electron chi connectivity index (χ2n) is 6.04. The second kappa shape index (κ2) is 11.1. The van der Waals surface area contributed by atoms with E-state index in [9.17, 15) is 9.50 Å². The summed E-state index contributed by atoms with van der Waals surface area (Å²) in [5.74, 6) is 0.187. The number of hydrogen-bond donors (Lipinski definition) is 3. The van der Waals surface area contributed by atoms with Gasteiger partial charge in [-0.25, -0.2) is 9.38 Å². The van der Waals surface area contributed by atoms with Gasteiger partial charge in [-0.2, -0.15) is 0 Å². The van der Waals surface area contributed by atoms with E-state index < -0.39 is 11.9 Å². The zero-order valence-electron chi connectivity index (χ0n) is 15.4. The fraction of sp³-hybridized carbons (Fsp3) is 0.350. The Hall–Kier alpha value is -1.67. The van der Waals surface area contributed by atoms with Crippen molar-refractivity contribution in [3.8, 4) is 0 Å². The van der Waals surface area contributed by atoms with Gasteiger partial charge in [0, 0.05) is 18.7 Å². The lowest BCUT2D eigenvalue weighted by atomic mass is 10.1. The van der Waals surface area contributed by atoms with Crippen LogP contribution in [-0.4, -0.2) is 24.2 Å². The van der Waals surface area contributed by atoms with Crippen molar-refractivity contribution in [2.75, 3.05) is 13.1 Å². The minimum atomic E-state index is -0.939. The van der Waals surface area contributed by atoms with Crippen LogP contribution in [0.1, 0.15) is 35.3 Å². The van der Waals surface area contributed by atoms with Crippen LogP contribution >= 0.6 is 24.0 Å². The van der Waals surface area contributed by atoms with Crippen LogP contribution in [0.4, 0.5) is 4.39 Å². The number of nitrogens with one attached hydrogen (secondary N) is 2. The number of halogens is 2. The van der Waals surface area contributed by atoms with Gasteiger partial charge in [-0.15, -0.1) is 24.0 Å². The van der Waals surface area contributed by atoms with Gasteiger partial charge in [-0.3, -0.25) is 0 Å². The van der Waals surface area contributed by atoms with Gasteiger partial charge in [-0.05, 0) is 38.0 Å². The molecule has 4 nitrogen and oxygen atoms in total. The Bertz CT molecular complexity index is 737. The summed E-state index contributed by atoms with van der Waals surface area (Å²) in [6, 6.07) is 12.5. The highest BCUT2D eigenvalue weighted by molar-refractivity contribution is 14.0. The van der Waals surface area contributed by atoms with Crippen molar-refractivity contribution in [3.63, 3.8) is 0 Å². The largest absolute Gasteiger partial charge is 0.386 e. The van der Waals surface area contributed by atoms with Gasteiger partial charge in [-0.1, -0.05) is 42.0 Å². The van der Waals surface area contributed by atoms with Gasteiger partial charge in [0.2, 0.25) is 0 Å². The van der Waals surface area contributed by atoms with E-state index >= 15 is 0 Å². The van der Waals surface area contributed by atoms with Crippen molar-refractivity contribution in [1.29, 1.82) is 0 Å². The van der Waals surface area contributed by atoms with Crippen LogP contribution < -0.4 is 10.6 Å². The lowest BCUT2D eigenvalue weighted by molar-refractivity contribution is 0.176. The Labute approximate surface area is 172 Å². The molecule has 2 rings (SSSR count). The van der Waals surface area contributed by atoms with Crippen LogP contribution in [0, 0.1) is 19.7 Å². The fourth-order valence-electron chi connectivity index (χ4n) is 2.58. The van der Waals surface area contributed by atoms with Crippen LogP contribution in [0.5, 0.6) is 0 Å². The van der Waals surface area contributed by atoms with E-state index in [4.69, 9.17) is 0 Å². The Morgan fingerprint density at radius 3 is 2.54 bits per heavy atom. The van der Waals surface area contributed by atoms with Crippen LogP contribution in [0.15, 0.2) is 47.5 Å². The number of hydrogen-bond acceptors (Lipinski definition) is 2. The van der Waals surface area contributed by atoms with Crippen LogP contribution in [0.25, 0.3) is 0 Å². The van der Waals surface area contributed by atoms with Crippen molar-refractivity contribution in [3.05, 3.63) is 70.5 Å².